The SMILES string of the molecule is Cc1cc(C)c(C(C)CCC(=O)N2CCNCC2)c(C)c1. The monoisotopic (exact) mass is 288 g/mol. The lowest BCUT2D eigenvalue weighted by molar-refractivity contribution is -0.131. The van der Waals surface area contributed by atoms with Crippen LogP contribution in [-0.4, -0.2) is 37.0 Å². The largest absolute Gasteiger partial charge is 0.340 e. The van der Waals surface area contributed by atoms with Gasteiger partial charge in [-0.3, -0.25) is 4.79 Å². The van der Waals surface area contributed by atoms with E-state index in [1.807, 2.05) is 4.90 Å². The molecule has 0 saturated carbocycles. The molecule has 1 atom stereocenters. The molecule has 1 fully saturated rings. The summed E-state index contributed by atoms with van der Waals surface area (Å²) < 4.78 is 0. The first kappa shape index (κ1) is 16.0. The smallest absolute Gasteiger partial charge is 0.222 e. The quantitative estimate of drug-likeness (QED) is 0.924. The molecule has 1 unspecified atom stereocenters. The van der Waals surface area contributed by atoms with Gasteiger partial charge in [-0.05, 0) is 49.8 Å². The average Bonchev–Trinajstić information content (AvgIpc) is 2.44. The van der Waals surface area contributed by atoms with Gasteiger partial charge in [0.25, 0.3) is 0 Å². The van der Waals surface area contributed by atoms with Crippen molar-refractivity contribution in [3.8, 4) is 0 Å². The maximum atomic E-state index is 12.3. The van der Waals surface area contributed by atoms with E-state index in [4.69, 9.17) is 0 Å². The summed E-state index contributed by atoms with van der Waals surface area (Å²) in [5, 5.41) is 3.29. The van der Waals surface area contributed by atoms with Gasteiger partial charge in [0.1, 0.15) is 0 Å². The van der Waals surface area contributed by atoms with E-state index in [1.165, 1.54) is 22.3 Å². The Morgan fingerprint density at radius 1 is 1.19 bits per heavy atom. The van der Waals surface area contributed by atoms with E-state index in [2.05, 4.69) is 45.1 Å². The van der Waals surface area contributed by atoms with Gasteiger partial charge in [0, 0.05) is 32.6 Å². The maximum Gasteiger partial charge on any atom is 0.222 e. The number of carbonyl (C=O) groups excluding carboxylic acids is 1. The zero-order valence-electron chi connectivity index (χ0n) is 13.8. The molecular weight excluding hydrogens is 260 g/mol. The molecule has 1 amide bonds. The lowest BCUT2D eigenvalue weighted by Gasteiger charge is -2.28. The second-order valence-electron chi connectivity index (χ2n) is 6.38. The molecule has 1 aliphatic rings. The highest BCUT2D eigenvalue weighted by molar-refractivity contribution is 5.76. The van der Waals surface area contributed by atoms with E-state index in [-0.39, 0.29) is 0 Å². The van der Waals surface area contributed by atoms with Crippen LogP contribution >= 0.6 is 0 Å². The molecule has 1 aromatic rings. The number of nitrogens with zero attached hydrogens (tertiary/aromatic N) is 1. The fourth-order valence-corrected chi connectivity index (χ4v) is 3.53. The molecule has 1 heterocycles. The van der Waals surface area contributed by atoms with Crippen LogP contribution in [0.4, 0.5) is 0 Å². The first-order valence-corrected chi connectivity index (χ1v) is 8.05. The molecule has 0 bridgehead atoms. The molecule has 3 heteroatoms. The Bertz CT molecular complexity index is 481. The molecule has 1 saturated heterocycles. The number of rotatable bonds is 4. The standard InChI is InChI=1S/C18H28N2O/c1-13-11-15(3)18(16(4)12-13)14(2)5-6-17(21)20-9-7-19-8-10-20/h11-12,14,19H,5-10H2,1-4H3. The van der Waals surface area contributed by atoms with Crippen molar-refractivity contribution < 1.29 is 4.79 Å². The lowest BCUT2D eigenvalue weighted by Crippen LogP contribution is -2.46. The van der Waals surface area contributed by atoms with Gasteiger partial charge >= 0.3 is 0 Å². The zero-order valence-corrected chi connectivity index (χ0v) is 13.8. The maximum absolute atomic E-state index is 12.3. The second kappa shape index (κ2) is 7.08. The summed E-state index contributed by atoms with van der Waals surface area (Å²) in [6.45, 7) is 12.3. The third-order valence-electron chi connectivity index (χ3n) is 4.49. The Morgan fingerprint density at radius 2 is 1.76 bits per heavy atom. The van der Waals surface area contributed by atoms with Crippen LogP contribution in [0.5, 0.6) is 0 Å². The summed E-state index contributed by atoms with van der Waals surface area (Å²) >= 11 is 0. The van der Waals surface area contributed by atoms with Crippen LogP contribution in [-0.2, 0) is 4.79 Å². The lowest BCUT2D eigenvalue weighted by atomic mass is 9.87. The number of hydrogen-bond acceptors (Lipinski definition) is 2. The van der Waals surface area contributed by atoms with E-state index in [0.29, 0.717) is 18.2 Å². The first-order chi connectivity index (χ1) is 9.99. The Morgan fingerprint density at radius 3 is 2.33 bits per heavy atom. The highest BCUT2D eigenvalue weighted by Gasteiger charge is 2.18. The number of carbonyl (C=O) groups is 1. The van der Waals surface area contributed by atoms with E-state index in [9.17, 15) is 4.79 Å². The van der Waals surface area contributed by atoms with Crippen LogP contribution in [0.25, 0.3) is 0 Å². The fourth-order valence-electron chi connectivity index (χ4n) is 3.53. The van der Waals surface area contributed by atoms with Crippen LogP contribution in [0, 0.1) is 20.8 Å². The molecule has 0 spiro atoms. The molecule has 2 rings (SSSR count). The van der Waals surface area contributed by atoms with Gasteiger partial charge in [-0.1, -0.05) is 24.6 Å². The van der Waals surface area contributed by atoms with Crippen molar-refractivity contribution in [2.45, 2.75) is 46.5 Å². The molecule has 0 aliphatic carbocycles. The van der Waals surface area contributed by atoms with Crippen LogP contribution in [0.2, 0.25) is 0 Å². The van der Waals surface area contributed by atoms with Crippen molar-refractivity contribution in [1.29, 1.82) is 0 Å². The van der Waals surface area contributed by atoms with E-state index >= 15 is 0 Å². The van der Waals surface area contributed by atoms with Crippen molar-refractivity contribution in [2.75, 3.05) is 26.2 Å². The molecule has 21 heavy (non-hydrogen) atoms. The zero-order chi connectivity index (χ0) is 15.4. The molecule has 1 aromatic carbocycles. The minimum atomic E-state index is 0.311. The van der Waals surface area contributed by atoms with E-state index in [1.54, 1.807) is 0 Å². The molecule has 3 nitrogen and oxygen atoms in total. The number of hydrogen-bond donors (Lipinski definition) is 1. The number of amides is 1. The normalized spacial score (nSPS) is 16.9. The average molecular weight is 288 g/mol. The predicted octanol–water partition coefficient (Wildman–Crippen LogP) is 2.93. The fraction of sp³-hybridized carbons (Fsp3) is 0.611. The molecule has 0 radical (unpaired) electrons. The van der Waals surface area contributed by atoms with Gasteiger partial charge in [-0.15, -0.1) is 0 Å². The summed E-state index contributed by atoms with van der Waals surface area (Å²) in [5.41, 5.74) is 5.45. The van der Waals surface area contributed by atoms with Crippen LogP contribution < -0.4 is 5.32 Å². The van der Waals surface area contributed by atoms with Gasteiger partial charge in [0.15, 0.2) is 0 Å². The Kier molecular flexibility index (Phi) is 5.40. The highest BCUT2D eigenvalue weighted by Crippen LogP contribution is 2.28. The summed E-state index contributed by atoms with van der Waals surface area (Å²) in [5.74, 6) is 0.753. The van der Waals surface area contributed by atoms with Crippen molar-refractivity contribution in [1.82, 2.24) is 10.2 Å². The molecular formula is C18H28N2O. The molecule has 0 aromatic heterocycles. The number of nitrogens with one attached hydrogen (secondary N) is 1. The number of piperazine rings is 1. The third-order valence-corrected chi connectivity index (χ3v) is 4.49. The molecule has 1 N–H and O–H groups in total. The minimum absolute atomic E-state index is 0.311. The third kappa shape index (κ3) is 4.07. The van der Waals surface area contributed by atoms with Crippen molar-refractivity contribution in [3.05, 3.63) is 34.4 Å². The Balaban J connectivity index is 1.95. The van der Waals surface area contributed by atoms with Gasteiger partial charge in [-0.2, -0.15) is 0 Å². The van der Waals surface area contributed by atoms with Crippen LogP contribution in [0.1, 0.15) is 47.9 Å². The van der Waals surface area contributed by atoms with E-state index < -0.39 is 0 Å². The second-order valence-corrected chi connectivity index (χ2v) is 6.38. The highest BCUT2D eigenvalue weighted by atomic mass is 16.2. The van der Waals surface area contributed by atoms with Gasteiger partial charge in [0.2, 0.25) is 5.91 Å². The topological polar surface area (TPSA) is 32.3 Å². The van der Waals surface area contributed by atoms with Crippen molar-refractivity contribution in [2.24, 2.45) is 0 Å². The number of aryl methyl sites for hydroxylation is 3. The van der Waals surface area contributed by atoms with Crippen LogP contribution in [0.15, 0.2) is 12.1 Å². The summed E-state index contributed by atoms with van der Waals surface area (Å²) in [4.78, 5) is 14.3. The Hall–Kier alpha value is -1.35. The van der Waals surface area contributed by atoms with Crippen LogP contribution in [0.3, 0.4) is 0 Å². The molecule has 116 valence electrons. The first-order valence-electron chi connectivity index (χ1n) is 8.05. The van der Waals surface area contributed by atoms with Gasteiger partial charge in [-0.25, -0.2) is 0 Å². The summed E-state index contributed by atoms with van der Waals surface area (Å²) in [6.07, 6.45) is 1.60. The predicted molar refractivity (Wildman–Crippen MR) is 87.8 cm³/mol. The van der Waals surface area contributed by atoms with E-state index in [0.717, 1.165) is 32.6 Å². The molecule has 1 aliphatic heterocycles. The number of benzene rings is 1. The van der Waals surface area contributed by atoms with Crippen molar-refractivity contribution in [3.63, 3.8) is 0 Å². The van der Waals surface area contributed by atoms with Gasteiger partial charge in [0.05, 0.1) is 0 Å². The van der Waals surface area contributed by atoms with Crippen molar-refractivity contribution >= 4 is 5.91 Å². The minimum Gasteiger partial charge on any atom is -0.340 e. The Labute approximate surface area is 128 Å². The summed E-state index contributed by atoms with van der Waals surface area (Å²) in [7, 11) is 0. The summed E-state index contributed by atoms with van der Waals surface area (Å²) in [6, 6.07) is 4.49. The van der Waals surface area contributed by atoms with Gasteiger partial charge < -0.3 is 10.2 Å².